The topological polar surface area (TPSA) is 126 Å². The number of hydrogen-bond acceptors (Lipinski definition) is 6. The predicted molar refractivity (Wildman–Crippen MR) is 111 cm³/mol. The maximum Gasteiger partial charge on any atom is 0.266 e. The predicted octanol–water partition coefficient (Wildman–Crippen LogP) is 1.08. The summed E-state index contributed by atoms with van der Waals surface area (Å²) in [5, 5.41) is 5.36. The normalized spacial score (nSPS) is 11.8. The van der Waals surface area contributed by atoms with E-state index in [2.05, 4.69) is 15.4 Å². The average Bonchev–Trinajstić information content (AvgIpc) is 3.05. The number of nitrogens with one attached hydrogen (secondary N) is 2. The highest BCUT2D eigenvalue weighted by Crippen LogP contribution is 2.28. The van der Waals surface area contributed by atoms with Gasteiger partial charge in [-0.25, -0.2) is 22.2 Å². The number of amides is 1. The van der Waals surface area contributed by atoms with Crippen molar-refractivity contribution in [1.29, 1.82) is 0 Å². The molecule has 3 aromatic rings. The van der Waals surface area contributed by atoms with Gasteiger partial charge in [-0.3, -0.25) is 14.7 Å². The van der Waals surface area contributed by atoms with Crippen molar-refractivity contribution in [2.75, 3.05) is 26.5 Å². The van der Waals surface area contributed by atoms with E-state index in [-0.39, 0.29) is 28.5 Å². The van der Waals surface area contributed by atoms with Crippen LogP contribution in [0.15, 0.2) is 34.0 Å². The zero-order valence-corrected chi connectivity index (χ0v) is 18.1. The van der Waals surface area contributed by atoms with E-state index in [4.69, 9.17) is 4.74 Å². The van der Waals surface area contributed by atoms with E-state index in [1.807, 2.05) is 0 Å². The van der Waals surface area contributed by atoms with E-state index in [0.717, 1.165) is 4.31 Å². The molecule has 0 spiro atoms. The van der Waals surface area contributed by atoms with Gasteiger partial charge in [0.1, 0.15) is 5.75 Å². The number of methoxy groups -OCH3 is 1. The summed E-state index contributed by atoms with van der Waals surface area (Å²) in [7, 11) is 0.612. The Hall–Kier alpha value is -3.18. The van der Waals surface area contributed by atoms with Crippen LogP contribution in [0.2, 0.25) is 0 Å². The van der Waals surface area contributed by atoms with Crippen molar-refractivity contribution in [3.05, 3.63) is 51.6 Å². The van der Waals surface area contributed by atoms with Crippen LogP contribution in [-0.2, 0) is 21.2 Å². The van der Waals surface area contributed by atoms with Crippen molar-refractivity contribution in [1.82, 2.24) is 18.9 Å². The van der Waals surface area contributed by atoms with Crippen LogP contribution in [0.4, 0.5) is 5.69 Å². The van der Waals surface area contributed by atoms with Crippen LogP contribution >= 0.6 is 0 Å². The van der Waals surface area contributed by atoms with Crippen molar-refractivity contribution in [3.8, 4) is 5.75 Å². The van der Waals surface area contributed by atoms with E-state index >= 15 is 0 Å². The fraction of sp³-hybridized carbons (Fsp3) is 0.316. The number of hydrogen-bond donors (Lipinski definition) is 2. The van der Waals surface area contributed by atoms with Gasteiger partial charge in [-0.15, -0.1) is 0 Å². The molecular weight excluding hydrogens is 410 g/mol. The van der Waals surface area contributed by atoms with E-state index < -0.39 is 10.0 Å². The molecule has 160 valence electrons. The van der Waals surface area contributed by atoms with E-state index in [1.165, 1.54) is 50.0 Å². The SMILES string of the molecule is COc1ccc(S(=O)(=O)N(C)C)cc1NC(=O)Cc1c(C)nc2cc(=O)[nH]n2c1C. The number of ether oxygens (including phenoxy) is 1. The monoisotopic (exact) mass is 433 g/mol. The minimum absolute atomic E-state index is 0.0192. The van der Waals surface area contributed by atoms with Crippen molar-refractivity contribution in [2.24, 2.45) is 0 Å². The lowest BCUT2D eigenvalue weighted by Gasteiger charge is -2.16. The van der Waals surface area contributed by atoms with E-state index in [0.29, 0.717) is 28.3 Å². The molecular formula is C19H23N5O5S. The maximum atomic E-state index is 12.8. The maximum absolute atomic E-state index is 12.8. The number of rotatable bonds is 6. The fourth-order valence-corrected chi connectivity index (χ4v) is 4.05. The van der Waals surface area contributed by atoms with Gasteiger partial charge in [-0.2, -0.15) is 0 Å². The highest BCUT2D eigenvalue weighted by atomic mass is 32.2. The Morgan fingerprint density at radius 1 is 1.27 bits per heavy atom. The second kappa shape index (κ2) is 7.92. The summed E-state index contributed by atoms with van der Waals surface area (Å²) in [5.41, 5.74) is 2.40. The summed E-state index contributed by atoms with van der Waals surface area (Å²) in [6.45, 7) is 3.54. The van der Waals surface area contributed by atoms with Gasteiger partial charge in [-0.1, -0.05) is 0 Å². The molecule has 0 bridgehead atoms. The van der Waals surface area contributed by atoms with Crippen molar-refractivity contribution < 1.29 is 17.9 Å². The quantitative estimate of drug-likeness (QED) is 0.599. The number of sulfonamides is 1. The number of carbonyl (C=O) groups is 1. The van der Waals surface area contributed by atoms with Crippen LogP contribution < -0.4 is 15.6 Å². The molecule has 0 aliphatic carbocycles. The third kappa shape index (κ3) is 3.94. The second-order valence-electron chi connectivity index (χ2n) is 6.95. The molecule has 0 atom stereocenters. The van der Waals surface area contributed by atoms with Crippen LogP contribution in [0, 0.1) is 13.8 Å². The van der Waals surface area contributed by atoms with Crippen LogP contribution in [0.5, 0.6) is 5.75 Å². The zero-order valence-electron chi connectivity index (χ0n) is 17.3. The van der Waals surface area contributed by atoms with Gasteiger partial charge in [-0.05, 0) is 32.0 Å². The van der Waals surface area contributed by atoms with Crippen LogP contribution in [0.3, 0.4) is 0 Å². The Morgan fingerprint density at radius 2 is 1.97 bits per heavy atom. The van der Waals surface area contributed by atoms with Crippen LogP contribution in [-0.4, -0.2) is 54.4 Å². The Bertz CT molecular complexity index is 1290. The molecule has 0 fully saturated rings. The van der Waals surface area contributed by atoms with Crippen molar-refractivity contribution in [2.45, 2.75) is 25.2 Å². The molecule has 11 heteroatoms. The van der Waals surface area contributed by atoms with Crippen LogP contribution in [0.1, 0.15) is 17.0 Å². The first-order valence-electron chi connectivity index (χ1n) is 9.03. The molecule has 2 heterocycles. The highest BCUT2D eigenvalue weighted by molar-refractivity contribution is 7.89. The summed E-state index contributed by atoms with van der Waals surface area (Å²) in [6.07, 6.45) is -0.0192. The van der Waals surface area contributed by atoms with Gasteiger partial charge < -0.3 is 10.1 Å². The first kappa shape index (κ1) is 21.5. The lowest BCUT2D eigenvalue weighted by molar-refractivity contribution is -0.115. The third-order valence-corrected chi connectivity index (χ3v) is 6.57. The van der Waals surface area contributed by atoms with Gasteiger partial charge >= 0.3 is 0 Å². The summed E-state index contributed by atoms with van der Waals surface area (Å²) in [5.74, 6) is -0.0487. The number of benzene rings is 1. The molecule has 2 aromatic heterocycles. The lowest BCUT2D eigenvalue weighted by Crippen LogP contribution is -2.23. The first-order valence-corrected chi connectivity index (χ1v) is 10.5. The average molecular weight is 433 g/mol. The standard InChI is InChI=1S/C19H23N5O5S/c1-11-14(12(2)24-17(20-11)10-19(26)22-24)9-18(25)21-15-8-13(6-7-16(15)29-5)30(27,28)23(3)4/h6-8,10H,9H2,1-5H3,(H,21,25)(H,22,26). The summed E-state index contributed by atoms with van der Waals surface area (Å²) < 4.78 is 32.7. The van der Waals surface area contributed by atoms with Gasteiger partial charge in [0, 0.05) is 37.1 Å². The molecule has 1 aromatic carbocycles. The highest BCUT2D eigenvalue weighted by Gasteiger charge is 2.21. The van der Waals surface area contributed by atoms with Gasteiger partial charge in [0.2, 0.25) is 15.9 Å². The van der Waals surface area contributed by atoms with Crippen molar-refractivity contribution >= 4 is 27.3 Å². The number of aromatic nitrogens is 3. The summed E-state index contributed by atoms with van der Waals surface area (Å²) in [4.78, 5) is 28.7. The number of aromatic amines is 1. The number of H-pyrrole nitrogens is 1. The first-order chi connectivity index (χ1) is 14.0. The number of anilines is 1. The number of nitrogens with zero attached hydrogens (tertiary/aromatic N) is 3. The lowest BCUT2D eigenvalue weighted by atomic mass is 10.1. The molecule has 0 saturated carbocycles. The molecule has 0 saturated heterocycles. The Labute approximate surface area is 173 Å². The third-order valence-electron chi connectivity index (χ3n) is 4.76. The summed E-state index contributed by atoms with van der Waals surface area (Å²) in [6, 6.07) is 5.64. The van der Waals surface area contributed by atoms with Crippen molar-refractivity contribution in [3.63, 3.8) is 0 Å². The van der Waals surface area contributed by atoms with Gasteiger partial charge in [0.15, 0.2) is 5.65 Å². The molecule has 0 aliphatic heterocycles. The number of fused-ring (bicyclic) bond motifs is 1. The van der Waals surface area contributed by atoms with Gasteiger partial charge in [0.25, 0.3) is 5.56 Å². The smallest absolute Gasteiger partial charge is 0.266 e. The number of carbonyl (C=O) groups excluding carboxylic acids is 1. The molecule has 3 rings (SSSR count). The molecule has 0 aliphatic rings. The number of aryl methyl sites for hydroxylation is 2. The molecule has 0 radical (unpaired) electrons. The Morgan fingerprint density at radius 3 is 2.60 bits per heavy atom. The minimum Gasteiger partial charge on any atom is -0.495 e. The molecule has 30 heavy (non-hydrogen) atoms. The Balaban J connectivity index is 1.93. The molecule has 10 nitrogen and oxygen atoms in total. The second-order valence-corrected chi connectivity index (χ2v) is 9.10. The van der Waals surface area contributed by atoms with Gasteiger partial charge in [0.05, 0.1) is 24.1 Å². The summed E-state index contributed by atoms with van der Waals surface area (Å²) >= 11 is 0. The fourth-order valence-electron chi connectivity index (χ4n) is 3.12. The largest absolute Gasteiger partial charge is 0.495 e. The molecule has 0 unspecified atom stereocenters. The molecule has 1 amide bonds. The Kier molecular flexibility index (Phi) is 5.68. The molecule has 2 N–H and O–H groups in total. The minimum atomic E-state index is -3.68. The van der Waals surface area contributed by atoms with E-state index in [1.54, 1.807) is 13.8 Å². The van der Waals surface area contributed by atoms with Crippen LogP contribution in [0.25, 0.3) is 5.65 Å². The van der Waals surface area contributed by atoms with E-state index in [9.17, 15) is 18.0 Å². The zero-order chi connectivity index (χ0) is 22.2.